The quantitative estimate of drug-likeness (QED) is 0.656. The van der Waals surface area contributed by atoms with Crippen LogP contribution in [-0.4, -0.2) is 63.8 Å². The van der Waals surface area contributed by atoms with E-state index in [-0.39, 0.29) is 12.0 Å². The zero-order valence-electron chi connectivity index (χ0n) is 16.1. The molecular weight excluding hydrogens is 376 g/mol. The highest BCUT2D eigenvalue weighted by Crippen LogP contribution is 2.25. The Balaban J connectivity index is 1.43. The molecule has 0 radical (unpaired) electrons. The lowest BCUT2D eigenvalue weighted by atomic mass is 10.3. The van der Waals surface area contributed by atoms with Gasteiger partial charge >= 0.3 is 0 Å². The molecule has 8 nitrogen and oxygen atoms in total. The molecule has 9 heteroatoms. The SMILES string of the molecule is CN(C)c1cncc(OC2CCN(C(=O)c3cc(-c4cccs4)nn3C)C2)n1. The lowest BCUT2D eigenvalue weighted by Gasteiger charge is -2.17. The average molecular weight is 398 g/mol. The van der Waals surface area contributed by atoms with Gasteiger partial charge < -0.3 is 14.5 Å². The van der Waals surface area contributed by atoms with Crippen LogP contribution in [0.25, 0.3) is 10.6 Å². The number of thiophene rings is 1. The minimum absolute atomic E-state index is 0.0305. The van der Waals surface area contributed by atoms with Crippen LogP contribution in [0.2, 0.25) is 0 Å². The summed E-state index contributed by atoms with van der Waals surface area (Å²) < 4.78 is 7.61. The van der Waals surface area contributed by atoms with E-state index in [9.17, 15) is 4.79 Å². The predicted octanol–water partition coefficient (Wildman–Crippen LogP) is 2.30. The molecule has 1 amide bonds. The zero-order chi connectivity index (χ0) is 19.7. The monoisotopic (exact) mass is 398 g/mol. The molecule has 3 aromatic rings. The molecule has 1 atom stereocenters. The lowest BCUT2D eigenvalue weighted by Crippen LogP contribution is -2.32. The molecule has 0 aromatic carbocycles. The van der Waals surface area contributed by atoms with E-state index < -0.39 is 0 Å². The molecule has 0 saturated carbocycles. The zero-order valence-corrected chi connectivity index (χ0v) is 16.9. The Morgan fingerprint density at radius 2 is 2.21 bits per heavy atom. The van der Waals surface area contributed by atoms with Gasteiger partial charge in [0.05, 0.1) is 23.8 Å². The number of ether oxygens (including phenoxy) is 1. The number of nitrogens with zero attached hydrogens (tertiary/aromatic N) is 6. The second-order valence-electron chi connectivity index (χ2n) is 6.91. The predicted molar refractivity (Wildman–Crippen MR) is 108 cm³/mol. The maximum absolute atomic E-state index is 13.0. The Hall–Kier alpha value is -2.94. The topological polar surface area (TPSA) is 76.4 Å². The van der Waals surface area contributed by atoms with Gasteiger partial charge in [-0.05, 0) is 17.5 Å². The number of rotatable bonds is 5. The van der Waals surface area contributed by atoms with Crippen molar-refractivity contribution >= 4 is 23.1 Å². The van der Waals surface area contributed by atoms with E-state index in [0.29, 0.717) is 24.7 Å². The van der Waals surface area contributed by atoms with E-state index in [1.54, 1.807) is 35.5 Å². The maximum atomic E-state index is 13.0. The third-order valence-corrected chi connectivity index (χ3v) is 5.54. The van der Waals surface area contributed by atoms with Crippen molar-refractivity contribution in [1.29, 1.82) is 0 Å². The Kier molecular flexibility index (Phi) is 4.99. The van der Waals surface area contributed by atoms with Crippen molar-refractivity contribution < 1.29 is 9.53 Å². The fourth-order valence-corrected chi connectivity index (χ4v) is 3.85. The van der Waals surface area contributed by atoms with E-state index in [1.807, 2.05) is 47.5 Å². The van der Waals surface area contributed by atoms with Crippen LogP contribution in [-0.2, 0) is 7.05 Å². The van der Waals surface area contributed by atoms with Crippen molar-refractivity contribution in [2.45, 2.75) is 12.5 Å². The van der Waals surface area contributed by atoms with Gasteiger partial charge in [-0.25, -0.2) is 0 Å². The summed E-state index contributed by atoms with van der Waals surface area (Å²) in [6.07, 6.45) is 3.95. The van der Waals surface area contributed by atoms with Gasteiger partial charge in [-0.2, -0.15) is 10.1 Å². The standard InChI is InChI=1S/C19H22N6O2S/c1-23(2)17-10-20-11-18(21-17)27-13-6-7-25(12-13)19(26)15-9-14(22-24(15)3)16-5-4-8-28-16/h4-5,8-11,13H,6-7,12H2,1-3H3. The second kappa shape index (κ2) is 7.59. The average Bonchev–Trinajstić information content (AvgIpc) is 3.42. The lowest BCUT2D eigenvalue weighted by molar-refractivity contribution is 0.0760. The summed E-state index contributed by atoms with van der Waals surface area (Å²) >= 11 is 1.61. The minimum Gasteiger partial charge on any atom is -0.471 e. The van der Waals surface area contributed by atoms with Crippen molar-refractivity contribution in [1.82, 2.24) is 24.6 Å². The number of anilines is 1. The van der Waals surface area contributed by atoms with Gasteiger partial charge in [0.2, 0.25) is 5.88 Å². The van der Waals surface area contributed by atoms with Crippen molar-refractivity contribution in [3.63, 3.8) is 0 Å². The summed E-state index contributed by atoms with van der Waals surface area (Å²) in [5.41, 5.74) is 1.40. The van der Waals surface area contributed by atoms with Crippen LogP contribution < -0.4 is 9.64 Å². The van der Waals surface area contributed by atoms with Gasteiger partial charge in [0.1, 0.15) is 17.5 Å². The highest BCUT2D eigenvalue weighted by Gasteiger charge is 2.30. The Bertz CT molecular complexity index is 969. The molecule has 4 rings (SSSR count). The molecule has 1 aliphatic rings. The summed E-state index contributed by atoms with van der Waals surface area (Å²) in [4.78, 5) is 26.3. The molecule has 1 aliphatic heterocycles. The van der Waals surface area contributed by atoms with Crippen LogP contribution in [0.4, 0.5) is 5.82 Å². The first kappa shape index (κ1) is 18.4. The number of hydrogen-bond donors (Lipinski definition) is 0. The van der Waals surface area contributed by atoms with Gasteiger partial charge in [-0.15, -0.1) is 11.3 Å². The van der Waals surface area contributed by atoms with Crippen LogP contribution in [0.5, 0.6) is 5.88 Å². The van der Waals surface area contributed by atoms with Gasteiger partial charge in [0.25, 0.3) is 5.91 Å². The second-order valence-corrected chi connectivity index (χ2v) is 7.85. The minimum atomic E-state index is -0.0966. The van der Waals surface area contributed by atoms with E-state index in [4.69, 9.17) is 4.74 Å². The first-order valence-electron chi connectivity index (χ1n) is 9.04. The number of carbonyl (C=O) groups excluding carboxylic acids is 1. The van der Waals surface area contributed by atoms with E-state index in [2.05, 4.69) is 15.1 Å². The molecular formula is C19H22N6O2S. The molecule has 0 N–H and O–H groups in total. The molecule has 0 bridgehead atoms. The first-order chi connectivity index (χ1) is 13.5. The number of aromatic nitrogens is 4. The summed E-state index contributed by atoms with van der Waals surface area (Å²) in [5.74, 6) is 1.18. The normalized spacial score (nSPS) is 16.4. The Labute approximate surface area is 167 Å². The number of aryl methyl sites for hydroxylation is 1. The van der Waals surface area contributed by atoms with Crippen LogP contribution in [0.15, 0.2) is 36.0 Å². The first-order valence-corrected chi connectivity index (χ1v) is 9.92. The Morgan fingerprint density at radius 1 is 1.36 bits per heavy atom. The van der Waals surface area contributed by atoms with Crippen molar-refractivity contribution in [2.24, 2.45) is 7.05 Å². The molecule has 1 saturated heterocycles. The smallest absolute Gasteiger partial charge is 0.272 e. The molecule has 3 aromatic heterocycles. The van der Waals surface area contributed by atoms with Crippen molar-refractivity contribution in [3.05, 3.63) is 41.7 Å². The summed E-state index contributed by atoms with van der Waals surface area (Å²) in [5, 5.41) is 6.49. The van der Waals surface area contributed by atoms with E-state index in [0.717, 1.165) is 22.8 Å². The fourth-order valence-electron chi connectivity index (χ4n) is 3.16. The Morgan fingerprint density at radius 3 is 2.96 bits per heavy atom. The summed E-state index contributed by atoms with van der Waals surface area (Å²) in [6, 6.07) is 5.84. The van der Waals surface area contributed by atoms with Crippen molar-refractivity contribution in [3.8, 4) is 16.5 Å². The third-order valence-electron chi connectivity index (χ3n) is 4.65. The molecule has 1 unspecified atom stereocenters. The third kappa shape index (κ3) is 3.70. The maximum Gasteiger partial charge on any atom is 0.272 e. The van der Waals surface area contributed by atoms with Crippen LogP contribution in [0.1, 0.15) is 16.9 Å². The van der Waals surface area contributed by atoms with Crippen LogP contribution in [0, 0.1) is 0 Å². The summed E-state index contributed by atoms with van der Waals surface area (Å²) in [7, 11) is 5.61. The highest BCUT2D eigenvalue weighted by atomic mass is 32.1. The van der Waals surface area contributed by atoms with E-state index in [1.165, 1.54) is 0 Å². The van der Waals surface area contributed by atoms with Crippen LogP contribution in [0.3, 0.4) is 0 Å². The van der Waals surface area contributed by atoms with Crippen molar-refractivity contribution in [2.75, 3.05) is 32.1 Å². The summed E-state index contributed by atoms with van der Waals surface area (Å²) in [6.45, 7) is 1.16. The molecule has 4 heterocycles. The molecule has 146 valence electrons. The van der Waals surface area contributed by atoms with Gasteiger partial charge in [-0.1, -0.05) is 6.07 Å². The van der Waals surface area contributed by atoms with E-state index >= 15 is 0 Å². The number of carbonyl (C=O) groups is 1. The van der Waals surface area contributed by atoms with Gasteiger partial charge in [-0.3, -0.25) is 14.5 Å². The molecule has 1 fully saturated rings. The number of amides is 1. The highest BCUT2D eigenvalue weighted by molar-refractivity contribution is 7.13. The van der Waals surface area contributed by atoms with Crippen LogP contribution >= 0.6 is 11.3 Å². The molecule has 28 heavy (non-hydrogen) atoms. The number of likely N-dealkylation sites (tertiary alicyclic amines) is 1. The number of hydrogen-bond acceptors (Lipinski definition) is 7. The van der Waals surface area contributed by atoms with Gasteiger partial charge in [0.15, 0.2) is 5.82 Å². The largest absolute Gasteiger partial charge is 0.471 e. The molecule has 0 aliphatic carbocycles. The molecule has 0 spiro atoms. The van der Waals surface area contributed by atoms with Gasteiger partial charge in [0, 0.05) is 34.1 Å². The fraction of sp³-hybridized carbons (Fsp3) is 0.368.